The van der Waals surface area contributed by atoms with Crippen LogP contribution in [-0.4, -0.2) is 12.6 Å². The molecule has 2 aliphatic rings. The fourth-order valence-electron chi connectivity index (χ4n) is 3.21. The molecule has 2 aliphatic carbocycles. The zero-order chi connectivity index (χ0) is 14.8. The van der Waals surface area contributed by atoms with Crippen LogP contribution in [0.4, 0.5) is 0 Å². The molecule has 3 heteroatoms. The van der Waals surface area contributed by atoms with E-state index in [0.717, 1.165) is 49.0 Å². The van der Waals surface area contributed by atoms with E-state index in [-0.39, 0.29) is 6.04 Å². The number of ether oxygens (including phenoxy) is 1. The molecule has 2 nitrogen and oxygen atoms in total. The van der Waals surface area contributed by atoms with E-state index >= 15 is 0 Å². The fourth-order valence-corrected chi connectivity index (χ4v) is 3.51. The molecule has 1 saturated carbocycles. The molecular formula is C18H26ClNO. The van der Waals surface area contributed by atoms with Crippen LogP contribution >= 0.6 is 11.6 Å². The van der Waals surface area contributed by atoms with Crippen LogP contribution in [0, 0.1) is 5.92 Å². The van der Waals surface area contributed by atoms with Gasteiger partial charge in [0.15, 0.2) is 0 Å². The van der Waals surface area contributed by atoms with Crippen molar-refractivity contribution in [2.75, 3.05) is 6.61 Å². The van der Waals surface area contributed by atoms with Gasteiger partial charge in [0.2, 0.25) is 0 Å². The SMILES string of the molecule is CCC(N)Cc1cc(Cl)c(OCC2CC2)c2c1CCCC2. The molecule has 1 unspecified atom stereocenters. The van der Waals surface area contributed by atoms with Crippen LogP contribution in [0.2, 0.25) is 5.02 Å². The molecule has 0 spiro atoms. The first kappa shape index (κ1) is 15.2. The van der Waals surface area contributed by atoms with Crippen molar-refractivity contribution in [2.45, 2.75) is 64.3 Å². The van der Waals surface area contributed by atoms with Crippen LogP contribution in [0.15, 0.2) is 6.07 Å². The Morgan fingerprint density at radius 3 is 2.67 bits per heavy atom. The molecule has 0 bridgehead atoms. The summed E-state index contributed by atoms with van der Waals surface area (Å²) >= 11 is 6.53. The van der Waals surface area contributed by atoms with Gasteiger partial charge in [-0.15, -0.1) is 0 Å². The van der Waals surface area contributed by atoms with Gasteiger partial charge in [0.25, 0.3) is 0 Å². The second kappa shape index (κ2) is 6.58. The predicted molar refractivity (Wildman–Crippen MR) is 88.3 cm³/mol. The summed E-state index contributed by atoms with van der Waals surface area (Å²) in [5.74, 6) is 1.72. The molecule has 1 aromatic rings. The van der Waals surface area contributed by atoms with Gasteiger partial charge in [-0.05, 0) is 80.0 Å². The van der Waals surface area contributed by atoms with Crippen LogP contribution in [0.1, 0.15) is 55.7 Å². The summed E-state index contributed by atoms with van der Waals surface area (Å²) < 4.78 is 6.08. The summed E-state index contributed by atoms with van der Waals surface area (Å²) in [6, 6.07) is 2.34. The van der Waals surface area contributed by atoms with Crippen molar-refractivity contribution in [1.29, 1.82) is 0 Å². The van der Waals surface area contributed by atoms with E-state index < -0.39 is 0 Å². The molecule has 1 atom stereocenters. The maximum Gasteiger partial charge on any atom is 0.141 e. The Bertz CT molecular complexity index is 510. The molecule has 0 aliphatic heterocycles. The van der Waals surface area contributed by atoms with Crippen LogP contribution in [0.3, 0.4) is 0 Å². The Labute approximate surface area is 133 Å². The van der Waals surface area contributed by atoms with Gasteiger partial charge in [-0.25, -0.2) is 0 Å². The highest BCUT2D eigenvalue weighted by molar-refractivity contribution is 6.32. The Morgan fingerprint density at radius 1 is 1.29 bits per heavy atom. The lowest BCUT2D eigenvalue weighted by atomic mass is 9.85. The molecule has 0 amide bonds. The monoisotopic (exact) mass is 307 g/mol. The fraction of sp³-hybridized carbons (Fsp3) is 0.667. The van der Waals surface area contributed by atoms with Crippen molar-refractivity contribution in [2.24, 2.45) is 11.7 Å². The van der Waals surface area contributed by atoms with Gasteiger partial charge in [0.1, 0.15) is 5.75 Å². The Morgan fingerprint density at radius 2 is 2.00 bits per heavy atom. The van der Waals surface area contributed by atoms with Crippen molar-refractivity contribution in [3.05, 3.63) is 27.8 Å². The third-order valence-corrected chi connectivity index (χ3v) is 5.09. The number of hydrogen-bond acceptors (Lipinski definition) is 2. The third kappa shape index (κ3) is 3.54. The Balaban J connectivity index is 1.89. The minimum atomic E-state index is 0.227. The van der Waals surface area contributed by atoms with Gasteiger partial charge in [-0.2, -0.15) is 0 Å². The molecule has 0 aromatic heterocycles. The lowest BCUT2D eigenvalue weighted by molar-refractivity contribution is 0.295. The van der Waals surface area contributed by atoms with E-state index in [1.807, 2.05) is 0 Å². The molecule has 3 rings (SSSR count). The van der Waals surface area contributed by atoms with E-state index in [2.05, 4.69) is 13.0 Å². The average molecular weight is 308 g/mol. The van der Waals surface area contributed by atoms with Crippen molar-refractivity contribution in [1.82, 2.24) is 0 Å². The number of benzene rings is 1. The zero-order valence-electron chi connectivity index (χ0n) is 13.0. The molecular weight excluding hydrogens is 282 g/mol. The molecule has 1 fully saturated rings. The number of hydrogen-bond donors (Lipinski definition) is 1. The summed E-state index contributed by atoms with van der Waals surface area (Å²) in [5, 5.41) is 0.787. The second-order valence-electron chi connectivity index (χ2n) is 6.64. The van der Waals surface area contributed by atoms with E-state index in [0.29, 0.717) is 0 Å². The first-order chi connectivity index (χ1) is 10.2. The van der Waals surface area contributed by atoms with Crippen LogP contribution < -0.4 is 10.5 Å². The van der Waals surface area contributed by atoms with Gasteiger partial charge < -0.3 is 10.5 Å². The van der Waals surface area contributed by atoms with Crippen molar-refractivity contribution < 1.29 is 4.74 Å². The second-order valence-corrected chi connectivity index (χ2v) is 7.04. The average Bonchev–Trinajstić information content (AvgIpc) is 3.31. The summed E-state index contributed by atoms with van der Waals surface area (Å²) in [6.07, 6.45) is 9.32. The molecule has 0 radical (unpaired) electrons. The minimum absolute atomic E-state index is 0.227. The highest BCUT2D eigenvalue weighted by Crippen LogP contribution is 2.40. The highest BCUT2D eigenvalue weighted by Gasteiger charge is 2.25. The summed E-state index contributed by atoms with van der Waals surface area (Å²) in [5.41, 5.74) is 10.3. The van der Waals surface area contributed by atoms with Gasteiger partial charge in [0.05, 0.1) is 11.6 Å². The van der Waals surface area contributed by atoms with E-state index in [4.69, 9.17) is 22.1 Å². The van der Waals surface area contributed by atoms with E-state index in [1.54, 1.807) is 0 Å². The molecule has 1 aromatic carbocycles. The molecule has 116 valence electrons. The third-order valence-electron chi connectivity index (χ3n) is 4.81. The molecule has 21 heavy (non-hydrogen) atoms. The standard InChI is InChI=1S/C18H26ClNO/c1-2-14(20)9-13-10-17(19)18(21-11-12-7-8-12)16-6-4-3-5-15(13)16/h10,12,14H,2-9,11,20H2,1H3. The number of nitrogens with two attached hydrogens (primary N) is 1. The van der Waals surface area contributed by atoms with Crippen molar-refractivity contribution in [3.8, 4) is 5.75 Å². The number of halogens is 1. The Hall–Kier alpha value is -0.730. The van der Waals surface area contributed by atoms with Crippen LogP contribution in [0.5, 0.6) is 5.75 Å². The molecule has 0 heterocycles. The summed E-state index contributed by atoms with van der Waals surface area (Å²) in [4.78, 5) is 0. The van der Waals surface area contributed by atoms with Gasteiger partial charge in [0, 0.05) is 6.04 Å². The lowest BCUT2D eigenvalue weighted by Gasteiger charge is -2.25. The topological polar surface area (TPSA) is 35.2 Å². The Kier molecular flexibility index (Phi) is 4.75. The number of rotatable bonds is 6. The number of fused-ring (bicyclic) bond motifs is 1. The largest absolute Gasteiger partial charge is 0.491 e. The predicted octanol–water partition coefficient (Wildman–Crippen LogP) is 4.29. The summed E-state index contributed by atoms with van der Waals surface area (Å²) in [6.45, 7) is 2.98. The van der Waals surface area contributed by atoms with Gasteiger partial charge in [-0.1, -0.05) is 18.5 Å². The summed E-state index contributed by atoms with van der Waals surface area (Å²) in [7, 11) is 0. The van der Waals surface area contributed by atoms with Crippen molar-refractivity contribution in [3.63, 3.8) is 0 Å². The van der Waals surface area contributed by atoms with Crippen LogP contribution in [0.25, 0.3) is 0 Å². The maximum atomic E-state index is 6.53. The van der Waals surface area contributed by atoms with Crippen LogP contribution in [-0.2, 0) is 19.3 Å². The first-order valence-electron chi connectivity index (χ1n) is 8.40. The molecule has 2 N–H and O–H groups in total. The van der Waals surface area contributed by atoms with Gasteiger partial charge >= 0.3 is 0 Å². The van der Waals surface area contributed by atoms with E-state index in [9.17, 15) is 0 Å². The first-order valence-corrected chi connectivity index (χ1v) is 8.78. The quantitative estimate of drug-likeness (QED) is 0.851. The zero-order valence-corrected chi connectivity index (χ0v) is 13.7. The molecule has 0 saturated heterocycles. The van der Waals surface area contributed by atoms with Gasteiger partial charge in [-0.3, -0.25) is 0 Å². The lowest BCUT2D eigenvalue weighted by Crippen LogP contribution is -2.23. The van der Waals surface area contributed by atoms with E-state index in [1.165, 1.54) is 42.4 Å². The van der Waals surface area contributed by atoms with Crippen molar-refractivity contribution >= 4 is 11.6 Å². The highest BCUT2D eigenvalue weighted by atomic mass is 35.5. The minimum Gasteiger partial charge on any atom is -0.491 e. The maximum absolute atomic E-state index is 6.53. The smallest absolute Gasteiger partial charge is 0.141 e. The normalized spacial score (nSPS) is 19.2.